The molecule has 2 aromatic rings. The zero-order chi connectivity index (χ0) is 18.5. The third-order valence-corrected chi connectivity index (χ3v) is 5.34. The van der Waals surface area contributed by atoms with Crippen LogP contribution in [0.2, 0.25) is 5.02 Å². The zero-order valence-electron chi connectivity index (χ0n) is 15.4. The van der Waals surface area contributed by atoms with Gasteiger partial charge in [0.2, 0.25) is 5.91 Å². The third kappa shape index (κ3) is 4.57. The fourth-order valence-corrected chi connectivity index (χ4v) is 3.47. The molecule has 5 heteroatoms. The number of amides is 1. The van der Waals surface area contributed by atoms with Crippen molar-refractivity contribution in [3.05, 3.63) is 65.2 Å². The van der Waals surface area contributed by atoms with E-state index in [9.17, 15) is 4.79 Å². The first kappa shape index (κ1) is 18.7. The first-order valence-electron chi connectivity index (χ1n) is 9.14. The second-order valence-electron chi connectivity index (χ2n) is 6.82. The molecule has 0 aliphatic carbocycles. The lowest BCUT2D eigenvalue weighted by molar-refractivity contribution is -0.126. The van der Waals surface area contributed by atoms with E-state index >= 15 is 0 Å². The van der Waals surface area contributed by atoms with Crippen molar-refractivity contribution in [3.63, 3.8) is 0 Å². The summed E-state index contributed by atoms with van der Waals surface area (Å²) < 4.78 is 0. The Kier molecular flexibility index (Phi) is 6.17. The summed E-state index contributed by atoms with van der Waals surface area (Å²) >= 11 is 5.96. The van der Waals surface area contributed by atoms with Crippen molar-refractivity contribution in [1.82, 2.24) is 10.2 Å². The van der Waals surface area contributed by atoms with Crippen LogP contribution in [0.25, 0.3) is 0 Å². The number of carbonyl (C=O) groups is 1. The predicted octanol–water partition coefficient (Wildman–Crippen LogP) is 3.73. The maximum absolute atomic E-state index is 12.6. The van der Waals surface area contributed by atoms with Crippen LogP contribution in [-0.2, 0) is 4.79 Å². The average Bonchev–Trinajstić information content (AvgIpc) is 2.69. The molecule has 1 N–H and O–H groups in total. The molecule has 0 saturated carbocycles. The van der Waals surface area contributed by atoms with Crippen molar-refractivity contribution >= 4 is 23.2 Å². The molecule has 1 amide bonds. The predicted molar refractivity (Wildman–Crippen MR) is 108 cm³/mol. The lowest BCUT2D eigenvalue weighted by Gasteiger charge is -2.38. The van der Waals surface area contributed by atoms with Crippen LogP contribution in [0.4, 0.5) is 5.69 Å². The van der Waals surface area contributed by atoms with E-state index in [1.165, 1.54) is 5.69 Å². The second kappa shape index (κ2) is 8.56. The number of nitrogens with zero attached hydrogens (tertiary/aromatic N) is 2. The van der Waals surface area contributed by atoms with Crippen molar-refractivity contribution in [2.75, 3.05) is 31.1 Å². The van der Waals surface area contributed by atoms with Gasteiger partial charge in [-0.05, 0) is 43.7 Å². The lowest BCUT2D eigenvalue weighted by Crippen LogP contribution is -2.54. The summed E-state index contributed by atoms with van der Waals surface area (Å²) in [6.07, 6.45) is 0. The van der Waals surface area contributed by atoms with Gasteiger partial charge in [-0.25, -0.2) is 0 Å². The summed E-state index contributed by atoms with van der Waals surface area (Å²) in [5.41, 5.74) is 2.31. The van der Waals surface area contributed by atoms with Crippen LogP contribution in [0.1, 0.15) is 25.5 Å². The molecular weight excluding hydrogens is 346 g/mol. The Labute approximate surface area is 160 Å². The summed E-state index contributed by atoms with van der Waals surface area (Å²) in [4.78, 5) is 17.2. The second-order valence-corrected chi connectivity index (χ2v) is 7.25. The molecule has 1 fully saturated rings. The summed E-state index contributed by atoms with van der Waals surface area (Å²) in [5.74, 6) is 0.0845. The molecule has 1 heterocycles. The maximum Gasteiger partial charge on any atom is 0.237 e. The van der Waals surface area contributed by atoms with Crippen LogP contribution >= 0.6 is 11.6 Å². The van der Waals surface area contributed by atoms with Gasteiger partial charge in [-0.15, -0.1) is 0 Å². The van der Waals surface area contributed by atoms with Crippen molar-refractivity contribution in [1.29, 1.82) is 0 Å². The minimum atomic E-state index is -0.131. The lowest BCUT2D eigenvalue weighted by atomic mass is 10.1. The highest BCUT2D eigenvalue weighted by atomic mass is 35.5. The van der Waals surface area contributed by atoms with E-state index in [1.54, 1.807) is 0 Å². The van der Waals surface area contributed by atoms with E-state index in [0.29, 0.717) is 0 Å². The summed E-state index contributed by atoms with van der Waals surface area (Å²) in [6, 6.07) is 17.9. The van der Waals surface area contributed by atoms with Gasteiger partial charge in [-0.1, -0.05) is 41.9 Å². The molecule has 1 aliphatic heterocycles. The Morgan fingerprint density at radius 1 is 0.962 bits per heavy atom. The first-order chi connectivity index (χ1) is 12.5. The monoisotopic (exact) mass is 371 g/mol. The van der Waals surface area contributed by atoms with E-state index in [-0.39, 0.29) is 18.0 Å². The molecule has 0 bridgehead atoms. The molecule has 3 rings (SSSR count). The number of rotatable bonds is 5. The van der Waals surface area contributed by atoms with E-state index in [0.717, 1.165) is 36.8 Å². The van der Waals surface area contributed by atoms with Crippen LogP contribution < -0.4 is 10.2 Å². The quantitative estimate of drug-likeness (QED) is 0.869. The SMILES string of the molecule is CC(NC(=O)C(C)N1CCN(c2ccc(Cl)cc2)CC1)c1ccccc1. The van der Waals surface area contributed by atoms with Gasteiger partial charge in [0.1, 0.15) is 0 Å². The molecular formula is C21H26ClN3O. The Morgan fingerprint density at radius 2 is 1.58 bits per heavy atom. The number of hydrogen-bond donors (Lipinski definition) is 1. The molecule has 0 spiro atoms. The van der Waals surface area contributed by atoms with Crippen molar-refractivity contribution in [3.8, 4) is 0 Å². The van der Waals surface area contributed by atoms with Gasteiger partial charge in [-0.2, -0.15) is 0 Å². The fourth-order valence-electron chi connectivity index (χ4n) is 3.34. The largest absolute Gasteiger partial charge is 0.369 e. The Morgan fingerprint density at radius 3 is 2.19 bits per heavy atom. The number of anilines is 1. The van der Waals surface area contributed by atoms with E-state index in [4.69, 9.17) is 11.6 Å². The Hall–Kier alpha value is -2.04. The molecule has 138 valence electrons. The Bertz CT molecular complexity index is 712. The molecule has 4 nitrogen and oxygen atoms in total. The van der Waals surface area contributed by atoms with E-state index in [2.05, 4.69) is 27.2 Å². The van der Waals surface area contributed by atoms with Crippen LogP contribution in [-0.4, -0.2) is 43.0 Å². The van der Waals surface area contributed by atoms with Gasteiger partial charge < -0.3 is 10.2 Å². The van der Waals surface area contributed by atoms with Gasteiger partial charge in [0.25, 0.3) is 0 Å². The highest BCUT2D eigenvalue weighted by Gasteiger charge is 2.26. The first-order valence-corrected chi connectivity index (χ1v) is 9.52. The van der Waals surface area contributed by atoms with Gasteiger partial charge in [0.05, 0.1) is 12.1 Å². The maximum atomic E-state index is 12.6. The van der Waals surface area contributed by atoms with E-state index < -0.39 is 0 Å². The van der Waals surface area contributed by atoms with Crippen molar-refractivity contribution < 1.29 is 4.79 Å². The molecule has 1 saturated heterocycles. The smallest absolute Gasteiger partial charge is 0.237 e. The van der Waals surface area contributed by atoms with Crippen LogP contribution in [0.3, 0.4) is 0 Å². The number of carbonyl (C=O) groups excluding carboxylic acids is 1. The van der Waals surface area contributed by atoms with Crippen molar-refractivity contribution in [2.24, 2.45) is 0 Å². The number of piperazine rings is 1. The molecule has 1 aliphatic rings. The highest BCUT2D eigenvalue weighted by Crippen LogP contribution is 2.20. The fraction of sp³-hybridized carbons (Fsp3) is 0.381. The average molecular weight is 372 g/mol. The highest BCUT2D eigenvalue weighted by molar-refractivity contribution is 6.30. The summed E-state index contributed by atoms with van der Waals surface area (Å²) in [7, 11) is 0. The topological polar surface area (TPSA) is 35.6 Å². The van der Waals surface area contributed by atoms with Gasteiger partial charge in [0.15, 0.2) is 0 Å². The normalized spacial score (nSPS) is 17.6. The van der Waals surface area contributed by atoms with Crippen molar-refractivity contribution in [2.45, 2.75) is 25.9 Å². The molecule has 0 radical (unpaired) electrons. The number of nitrogens with one attached hydrogen (secondary N) is 1. The van der Waals surface area contributed by atoms with E-state index in [1.807, 2.05) is 56.3 Å². The van der Waals surface area contributed by atoms with Crippen LogP contribution in [0.5, 0.6) is 0 Å². The zero-order valence-corrected chi connectivity index (χ0v) is 16.1. The number of benzene rings is 2. The minimum Gasteiger partial charge on any atom is -0.369 e. The third-order valence-electron chi connectivity index (χ3n) is 5.09. The van der Waals surface area contributed by atoms with Gasteiger partial charge in [0, 0.05) is 36.9 Å². The molecule has 2 aromatic carbocycles. The standard InChI is InChI=1S/C21H26ClN3O/c1-16(18-6-4-3-5-7-18)23-21(26)17(2)24-12-14-25(15-13-24)20-10-8-19(22)9-11-20/h3-11,16-17H,12-15H2,1-2H3,(H,23,26). The molecule has 26 heavy (non-hydrogen) atoms. The van der Waals surface area contributed by atoms with Gasteiger partial charge in [-0.3, -0.25) is 9.69 Å². The summed E-state index contributed by atoms with van der Waals surface area (Å²) in [6.45, 7) is 7.58. The number of halogens is 1. The summed E-state index contributed by atoms with van der Waals surface area (Å²) in [5, 5.41) is 3.89. The van der Waals surface area contributed by atoms with Crippen LogP contribution in [0.15, 0.2) is 54.6 Å². The molecule has 0 aromatic heterocycles. The molecule has 2 unspecified atom stereocenters. The molecule has 2 atom stereocenters. The number of hydrogen-bond acceptors (Lipinski definition) is 3. The van der Waals surface area contributed by atoms with Crippen LogP contribution in [0, 0.1) is 0 Å². The van der Waals surface area contributed by atoms with Gasteiger partial charge >= 0.3 is 0 Å². The Balaban J connectivity index is 1.52. The minimum absolute atomic E-state index is 0.0153.